The molecule has 2 N–H and O–H groups in total. The molecular formula is C16H22N2O2. The lowest BCUT2D eigenvalue weighted by Crippen LogP contribution is -2.40. The van der Waals surface area contributed by atoms with E-state index >= 15 is 0 Å². The second-order valence-corrected chi connectivity index (χ2v) is 5.31. The summed E-state index contributed by atoms with van der Waals surface area (Å²) in [5, 5.41) is 0. The summed E-state index contributed by atoms with van der Waals surface area (Å²) in [4.78, 5) is 25.2. The summed E-state index contributed by atoms with van der Waals surface area (Å²) in [6.45, 7) is 2.38. The second-order valence-electron chi connectivity index (χ2n) is 5.31. The predicted octanol–water partition coefficient (Wildman–Crippen LogP) is 2.18. The Morgan fingerprint density at radius 2 is 1.65 bits per heavy atom. The molecule has 0 spiro atoms. The van der Waals surface area contributed by atoms with E-state index in [1.54, 1.807) is 0 Å². The summed E-state index contributed by atoms with van der Waals surface area (Å²) in [6.07, 6.45) is 3.47. The largest absolute Gasteiger partial charge is 0.322 e. The highest BCUT2D eigenvalue weighted by atomic mass is 16.2. The fourth-order valence-corrected chi connectivity index (χ4v) is 2.47. The monoisotopic (exact) mass is 274 g/mol. The van der Waals surface area contributed by atoms with Crippen LogP contribution < -0.4 is 5.73 Å². The van der Waals surface area contributed by atoms with E-state index in [2.05, 4.69) is 6.92 Å². The molecule has 1 fully saturated rings. The van der Waals surface area contributed by atoms with Crippen molar-refractivity contribution in [1.82, 2.24) is 4.90 Å². The van der Waals surface area contributed by atoms with Gasteiger partial charge in [0.2, 0.25) is 11.8 Å². The van der Waals surface area contributed by atoms with Gasteiger partial charge in [-0.1, -0.05) is 31.2 Å². The average molecular weight is 274 g/mol. The van der Waals surface area contributed by atoms with Crippen molar-refractivity contribution in [2.24, 2.45) is 5.73 Å². The lowest BCUT2D eigenvalue weighted by Gasteiger charge is -2.23. The number of benzene rings is 1. The number of rotatable bonds is 4. The third-order valence-corrected chi connectivity index (χ3v) is 3.83. The Balaban J connectivity index is 2.06. The van der Waals surface area contributed by atoms with Crippen molar-refractivity contribution in [3.05, 3.63) is 35.4 Å². The van der Waals surface area contributed by atoms with Crippen LogP contribution in [0.3, 0.4) is 0 Å². The number of aryl methyl sites for hydroxylation is 1. The standard InChI is InChI=1S/C16H22N2O2/c1-2-12-7-9-13(10-8-12)14(17)11-18-15(19)5-3-4-6-16(18)20/h7-10,14H,2-6,11,17H2,1H3. The molecule has 1 aromatic carbocycles. The van der Waals surface area contributed by atoms with Crippen LogP contribution in [0.2, 0.25) is 0 Å². The number of imide groups is 1. The minimum Gasteiger partial charge on any atom is -0.322 e. The normalized spacial score (nSPS) is 18.0. The molecule has 0 bridgehead atoms. The Morgan fingerprint density at radius 3 is 2.15 bits per heavy atom. The number of carbonyl (C=O) groups is 2. The number of likely N-dealkylation sites (tertiary alicyclic amines) is 1. The smallest absolute Gasteiger partial charge is 0.229 e. The molecule has 2 amide bonds. The van der Waals surface area contributed by atoms with Gasteiger partial charge in [0.1, 0.15) is 0 Å². The highest BCUT2D eigenvalue weighted by molar-refractivity contribution is 5.96. The van der Waals surface area contributed by atoms with E-state index in [9.17, 15) is 9.59 Å². The summed E-state index contributed by atoms with van der Waals surface area (Å²) < 4.78 is 0. The first-order valence-electron chi connectivity index (χ1n) is 7.29. The minimum absolute atomic E-state index is 0.0897. The molecule has 4 heteroatoms. The molecule has 1 saturated heterocycles. The van der Waals surface area contributed by atoms with Crippen molar-refractivity contribution < 1.29 is 9.59 Å². The van der Waals surface area contributed by atoms with Gasteiger partial charge in [0, 0.05) is 25.4 Å². The predicted molar refractivity (Wildman–Crippen MR) is 77.9 cm³/mol. The van der Waals surface area contributed by atoms with Crippen LogP contribution in [0.15, 0.2) is 24.3 Å². The van der Waals surface area contributed by atoms with Crippen molar-refractivity contribution in [1.29, 1.82) is 0 Å². The quantitative estimate of drug-likeness (QED) is 0.856. The van der Waals surface area contributed by atoms with Gasteiger partial charge < -0.3 is 5.73 Å². The number of hydrogen-bond acceptors (Lipinski definition) is 3. The molecule has 0 radical (unpaired) electrons. The van der Waals surface area contributed by atoms with Crippen LogP contribution in [0.4, 0.5) is 0 Å². The highest BCUT2D eigenvalue weighted by Gasteiger charge is 2.25. The lowest BCUT2D eigenvalue weighted by molar-refractivity contribution is -0.144. The average Bonchev–Trinajstić information content (AvgIpc) is 2.62. The van der Waals surface area contributed by atoms with E-state index in [4.69, 9.17) is 5.73 Å². The van der Waals surface area contributed by atoms with Crippen LogP contribution in [0.1, 0.15) is 49.8 Å². The Labute approximate surface area is 119 Å². The summed E-state index contributed by atoms with van der Waals surface area (Å²) >= 11 is 0. The first kappa shape index (κ1) is 14.7. The van der Waals surface area contributed by atoms with Gasteiger partial charge in [-0.2, -0.15) is 0 Å². The third kappa shape index (κ3) is 3.45. The zero-order valence-electron chi connectivity index (χ0n) is 12.0. The molecule has 1 unspecified atom stereocenters. The molecule has 2 rings (SSSR count). The van der Waals surface area contributed by atoms with Crippen LogP contribution in [-0.4, -0.2) is 23.3 Å². The molecule has 0 saturated carbocycles. The third-order valence-electron chi connectivity index (χ3n) is 3.83. The number of amides is 2. The summed E-state index contributed by atoms with van der Waals surface area (Å²) in [5.41, 5.74) is 8.36. The van der Waals surface area contributed by atoms with Crippen molar-refractivity contribution in [2.75, 3.05) is 6.54 Å². The summed E-state index contributed by atoms with van der Waals surface area (Å²) in [7, 11) is 0. The molecule has 20 heavy (non-hydrogen) atoms. The molecule has 108 valence electrons. The first-order chi connectivity index (χ1) is 9.61. The van der Waals surface area contributed by atoms with Crippen LogP contribution in [0, 0.1) is 0 Å². The number of carbonyl (C=O) groups excluding carboxylic acids is 2. The zero-order chi connectivity index (χ0) is 14.5. The summed E-state index contributed by atoms with van der Waals surface area (Å²) in [6, 6.07) is 7.74. The fourth-order valence-electron chi connectivity index (χ4n) is 2.47. The Bertz CT molecular complexity index is 464. The molecule has 1 heterocycles. The maximum absolute atomic E-state index is 11.9. The van der Waals surface area contributed by atoms with E-state index in [-0.39, 0.29) is 24.4 Å². The molecule has 1 atom stereocenters. The zero-order valence-corrected chi connectivity index (χ0v) is 12.0. The van der Waals surface area contributed by atoms with Crippen LogP contribution >= 0.6 is 0 Å². The fraction of sp³-hybridized carbons (Fsp3) is 0.500. The van der Waals surface area contributed by atoms with Gasteiger partial charge in [-0.05, 0) is 30.4 Å². The summed E-state index contributed by atoms with van der Waals surface area (Å²) in [5.74, 6) is -0.179. The Kier molecular flexibility index (Phi) is 4.90. The van der Waals surface area contributed by atoms with Gasteiger partial charge in [0.05, 0.1) is 0 Å². The number of nitrogens with zero attached hydrogens (tertiary/aromatic N) is 1. The van der Waals surface area contributed by atoms with Crippen LogP contribution in [-0.2, 0) is 16.0 Å². The van der Waals surface area contributed by atoms with Gasteiger partial charge in [-0.3, -0.25) is 14.5 Å². The second kappa shape index (κ2) is 6.66. The molecule has 0 aliphatic carbocycles. The van der Waals surface area contributed by atoms with Gasteiger partial charge in [-0.15, -0.1) is 0 Å². The van der Waals surface area contributed by atoms with Crippen molar-refractivity contribution in [3.8, 4) is 0 Å². The molecular weight excluding hydrogens is 252 g/mol. The van der Waals surface area contributed by atoms with Gasteiger partial charge in [0.25, 0.3) is 0 Å². The first-order valence-corrected chi connectivity index (χ1v) is 7.29. The van der Waals surface area contributed by atoms with E-state index < -0.39 is 0 Å². The molecule has 1 aliphatic rings. The van der Waals surface area contributed by atoms with Crippen molar-refractivity contribution in [2.45, 2.75) is 45.1 Å². The van der Waals surface area contributed by atoms with E-state index in [0.29, 0.717) is 12.8 Å². The Hall–Kier alpha value is -1.68. The van der Waals surface area contributed by atoms with Crippen molar-refractivity contribution >= 4 is 11.8 Å². The highest BCUT2D eigenvalue weighted by Crippen LogP contribution is 2.18. The lowest BCUT2D eigenvalue weighted by atomic mass is 10.0. The van der Waals surface area contributed by atoms with Crippen LogP contribution in [0.25, 0.3) is 0 Å². The van der Waals surface area contributed by atoms with Crippen LogP contribution in [0.5, 0.6) is 0 Å². The van der Waals surface area contributed by atoms with E-state index in [1.807, 2.05) is 24.3 Å². The molecule has 1 aromatic rings. The minimum atomic E-state index is -0.313. The molecule has 1 aliphatic heterocycles. The maximum atomic E-state index is 11.9. The SMILES string of the molecule is CCc1ccc(C(N)CN2C(=O)CCCCC2=O)cc1. The van der Waals surface area contributed by atoms with Gasteiger partial charge in [0.15, 0.2) is 0 Å². The van der Waals surface area contributed by atoms with Gasteiger partial charge >= 0.3 is 0 Å². The molecule has 0 aromatic heterocycles. The van der Waals surface area contributed by atoms with E-state index in [0.717, 1.165) is 24.8 Å². The topological polar surface area (TPSA) is 63.4 Å². The van der Waals surface area contributed by atoms with E-state index in [1.165, 1.54) is 10.5 Å². The maximum Gasteiger partial charge on any atom is 0.229 e. The molecule has 4 nitrogen and oxygen atoms in total. The number of hydrogen-bond donors (Lipinski definition) is 1. The number of nitrogens with two attached hydrogens (primary N) is 1. The van der Waals surface area contributed by atoms with Gasteiger partial charge in [-0.25, -0.2) is 0 Å². The Morgan fingerprint density at radius 1 is 1.10 bits per heavy atom. The van der Waals surface area contributed by atoms with Crippen molar-refractivity contribution in [3.63, 3.8) is 0 Å².